The van der Waals surface area contributed by atoms with Crippen LogP contribution < -0.4 is 3.07 Å². The van der Waals surface area contributed by atoms with Crippen molar-refractivity contribution in [2.75, 3.05) is 0 Å². The maximum absolute atomic E-state index is 11.4. The minimum Gasteiger partial charge on any atom is -0.478 e. The summed E-state index contributed by atoms with van der Waals surface area (Å²) in [6, 6.07) is 3.80. The summed E-state index contributed by atoms with van der Waals surface area (Å²) in [5.74, 6) is -0.525. The summed E-state index contributed by atoms with van der Waals surface area (Å²) in [5, 5.41) is 11.4. The number of rotatable bonds is 2. The highest BCUT2D eigenvalue weighted by Crippen LogP contribution is 2.37. The lowest BCUT2D eigenvalue weighted by atomic mass is 9.91. The molecule has 100 valence electrons. The number of aryl methyl sites for hydroxylation is 4. The Morgan fingerprint density at radius 3 is 2.26 bits per heavy atom. The van der Waals surface area contributed by atoms with Crippen molar-refractivity contribution in [3.8, 4) is 5.75 Å². The largest absolute Gasteiger partial charge is 0.478 e. The van der Waals surface area contributed by atoms with Crippen molar-refractivity contribution >= 4 is 39.7 Å². The van der Waals surface area contributed by atoms with Gasteiger partial charge in [0, 0.05) is 5.56 Å². The van der Waals surface area contributed by atoms with Gasteiger partial charge in [0.1, 0.15) is 5.56 Å². The Bertz CT molecular complexity index is 690. The Morgan fingerprint density at radius 2 is 1.74 bits per heavy atom. The van der Waals surface area contributed by atoms with E-state index in [0.29, 0.717) is 5.75 Å². The van der Waals surface area contributed by atoms with E-state index in [9.17, 15) is 9.90 Å². The zero-order valence-corrected chi connectivity index (χ0v) is 13.5. The molecule has 0 radical (unpaired) electrons. The molecule has 4 heteroatoms. The lowest BCUT2D eigenvalue weighted by molar-refractivity contribution is 0.0695. The van der Waals surface area contributed by atoms with E-state index in [2.05, 4.69) is 19.9 Å². The number of hydrogen-bond acceptors (Lipinski definition) is 2. The van der Waals surface area contributed by atoms with E-state index in [4.69, 9.17) is 3.07 Å². The van der Waals surface area contributed by atoms with Gasteiger partial charge < -0.3 is 8.17 Å². The van der Waals surface area contributed by atoms with Gasteiger partial charge >= 0.3 is 5.97 Å². The van der Waals surface area contributed by atoms with Gasteiger partial charge in [0.25, 0.3) is 0 Å². The third kappa shape index (κ3) is 2.18. The highest BCUT2D eigenvalue weighted by Gasteiger charge is 2.19. The molecule has 0 aliphatic heterocycles. The summed E-state index contributed by atoms with van der Waals surface area (Å²) >= 11 is 1.74. The topological polar surface area (TPSA) is 46.5 Å². The van der Waals surface area contributed by atoms with Crippen molar-refractivity contribution in [2.45, 2.75) is 27.7 Å². The molecule has 0 aromatic heterocycles. The van der Waals surface area contributed by atoms with E-state index < -0.39 is 5.97 Å². The zero-order chi connectivity index (χ0) is 14.3. The predicted molar refractivity (Wildman–Crippen MR) is 84.5 cm³/mol. The van der Waals surface area contributed by atoms with Crippen LogP contribution >= 0.6 is 23.0 Å². The van der Waals surface area contributed by atoms with Crippen LogP contribution in [0.4, 0.5) is 0 Å². The second-order valence-corrected chi connectivity index (χ2v) is 5.26. The summed E-state index contributed by atoms with van der Waals surface area (Å²) in [4.78, 5) is 11.4. The molecule has 0 aliphatic carbocycles. The van der Waals surface area contributed by atoms with Crippen molar-refractivity contribution in [3.05, 3.63) is 39.9 Å². The van der Waals surface area contributed by atoms with E-state index in [1.54, 1.807) is 29.1 Å². The third-order valence-corrected chi connectivity index (χ3v) is 4.09. The number of aromatic carboxylic acids is 1. The standard InChI is InChI=1S/C15H15IO3/c1-7-5-8(2)11-6-12(15(17)18)14(19-16)10(4)13(11)9(7)3/h5-6H,1-4H3,(H,17,18). The van der Waals surface area contributed by atoms with E-state index in [1.807, 2.05) is 13.8 Å². The number of carbonyl (C=O) groups is 1. The summed E-state index contributed by atoms with van der Waals surface area (Å²) in [5.41, 5.74) is 4.56. The SMILES string of the molecule is Cc1cc(C)c2cc(C(=O)O)c(OI)c(C)c2c1C. The summed E-state index contributed by atoms with van der Waals surface area (Å²) < 4.78 is 5.27. The van der Waals surface area contributed by atoms with Gasteiger partial charge in [-0.05, 0) is 61.2 Å². The smallest absolute Gasteiger partial charge is 0.339 e. The quantitative estimate of drug-likeness (QED) is 0.792. The van der Waals surface area contributed by atoms with Crippen LogP contribution in [0.25, 0.3) is 10.8 Å². The van der Waals surface area contributed by atoms with Crippen LogP contribution in [0.5, 0.6) is 5.75 Å². The molecule has 0 saturated heterocycles. The van der Waals surface area contributed by atoms with Crippen LogP contribution in [0.1, 0.15) is 32.6 Å². The number of fused-ring (bicyclic) bond motifs is 1. The van der Waals surface area contributed by atoms with Gasteiger partial charge in [-0.25, -0.2) is 4.79 Å². The Hall–Kier alpha value is -1.30. The maximum Gasteiger partial charge on any atom is 0.339 e. The molecule has 2 rings (SSSR count). The third-order valence-electron chi connectivity index (χ3n) is 3.65. The van der Waals surface area contributed by atoms with E-state index in [0.717, 1.165) is 21.9 Å². The van der Waals surface area contributed by atoms with Crippen LogP contribution in [0.2, 0.25) is 0 Å². The van der Waals surface area contributed by atoms with Crippen LogP contribution in [0, 0.1) is 27.7 Å². The van der Waals surface area contributed by atoms with Gasteiger partial charge in [-0.15, -0.1) is 0 Å². The average molecular weight is 370 g/mol. The van der Waals surface area contributed by atoms with Crippen LogP contribution in [0.15, 0.2) is 12.1 Å². The molecule has 0 saturated carbocycles. The number of hydrogen-bond donors (Lipinski definition) is 1. The number of halogens is 1. The Labute approximate surface area is 126 Å². The summed E-state index contributed by atoms with van der Waals surface area (Å²) in [7, 11) is 0. The minimum absolute atomic E-state index is 0.214. The fourth-order valence-electron chi connectivity index (χ4n) is 2.56. The lowest BCUT2D eigenvalue weighted by Crippen LogP contribution is -2.02. The van der Waals surface area contributed by atoms with Crippen LogP contribution in [-0.2, 0) is 0 Å². The first-order chi connectivity index (χ1) is 8.88. The van der Waals surface area contributed by atoms with Gasteiger partial charge in [-0.2, -0.15) is 0 Å². The molecule has 0 atom stereocenters. The van der Waals surface area contributed by atoms with Crippen molar-refractivity contribution in [1.82, 2.24) is 0 Å². The highest BCUT2D eigenvalue weighted by molar-refractivity contribution is 14.1. The Kier molecular flexibility index (Phi) is 3.71. The van der Waals surface area contributed by atoms with Crippen molar-refractivity contribution in [3.63, 3.8) is 0 Å². The van der Waals surface area contributed by atoms with E-state index in [-0.39, 0.29) is 5.56 Å². The van der Waals surface area contributed by atoms with Crippen LogP contribution in [0.3, 0.4) is 0 Å². The van der Waals surface area contributed by atoms with Gasteiger partial charge in [0.2, 0.25) is 0 Å². The molecule has 3 nitrogen and oxygen atoms in total. The van der Waals surface area contributed by atoms with Crippen molar-refractivity contribution < 1.29 is 13.0 Å². The fraction of sp³-hybridized carbons (Fsp3) is 0.267. The molecule has 0 spiro atoms. The van der Waals surface area contributed by atoms with Gasteiger partial charge in [0.05, 0.1) is 0 Å². The molecule has 0 amide bonds. The molecular formula is C15H15IO3. The first kappa shape index (κ1) is 14.1. The Morgan fingerprint density at radius 1 is 1.11 bits per heavy atom. The molecule has 2 aromatic carbocycles. The predicted octanol–water partition coefficient (Wildman–Crippen LogP) is 4.50. The monoisotopic (exact) mass is 370 g/mol. The average Bonchev–Trinajstić information content (AvgIpc) is 2.34. The molecule has 0 heterocycles. The molecule has 19 heavy (non-hydrogen) atoms. The molecule has 0 aliphatic rings. The normalized spacial score (nSPS) is 10.8. The summed E-state index contributed by atoms with van der Waals surface area (Å²) in [6.45, 7) is 8.04. The molecule has 2 aromatic rings. The molecule has 0 fully saturated rings. The Balaban J connectivity index is 3.04. The molecule has 1 N–H and O–H groups in total. The molecular weight excluding hydrogens is 355 g/mol. The first-order valence-corrected chi connectivity index (χ1v) is 6.82. The number of benzene rings is 2. The number of carboxylic acids is 1. The highest BCUT2D eigenvalue weighted by atomic mass is 127. The fourth-order valence-corrected chi connectivity index (χ4v) is 3.13. The zero-order valence-electron chi connectivity index (χ0n) is 11.3. The maximum atomic E-state index is 11.4. The van der Waals surface area contributed by atoms with Crippen molar-refractivity contribution in [2.24, 2.45) is 0 Å². The lowest BCUT2D eigenvalue weighted by Gasteiger charge is -2.16. The first-order valence-electron chi connectivity index (χ1n) is 5.94. The van der Waals surface area contributed by atoms with Crippen molar-refractivity contribution in [1.29, 1.82) is 0 Å². The van der Waals surface area contributed by atoms with E-state index in [1.165, 1.54) is 11.1 Å². The second kappa shape index (κ2) is 5.00. The number of carboxylic acid groups (broad SMARTS) is 1. The molecule has 0 bridgehead atoms. The molecule has 0 unspecified atom stereocenters. The van der Waals surface area contributed by atoms with E-state index >= 15 is 0 Å². The van der Waals surface area contributed by atoms with Gasteiger partial charge in [-0.3, -0.25) is 0 Å². The summed E-state index contributed by atoms with van der Waals surface area (Å²) in [6.07, 6.45) is 0. The van der Waals surface area contributed by atoms with Crippen LogP contribution in [-0.4, -0.2) is 11.1 Å². The van der Waals surface area contributed by atoms with Gasteiger partial charge in [0.15, 0.2) is 28.8 Å². The minimum atomic E-state index is -0.964. The second-order valence-electron chi connectivity index (χ2n) is 4.82. The van der Waals surface area contributed by atoms with Gasteiger partial charge in [-0.1, -0.05) is 6.07 Å².